The van der Waals surface area contributed by atoms with Gasteiger partial charge in [0.15, 0.2) is 6.61 Å². The lowest BCUT2D eigenvalue weighted by Crippen LogP contribution is -2.43. The normalized spacial score (nSPS) is 15.3. The first-order valence-electron chi connectivity index (χ1n) is 9.44. The minimum absolute atomic E-state index is 0.0945. The van der Waals surface area contributed by atoms with Gasteiger partial charge in [0.2, 0.25) is 5.91 Å². The number of benzene rings is 2. The largest absolute Gasteiger partial charge is 0.495 e. The number of methoxy groups -OCH3 is 1. The second kappa shape index (κ2) is 10.3. The highest BCUT2D eigenvalue weighted by molar-refractivity contribution is 6.36. The van der Waals surface area contributed by atoms with Gasteiger partial charge in [0, 0.05) is 11.4 Å². The van der Waals surface area contributed by atoms with Crippen LogP contribution >= 0.6 is 23.2 Å². The van der Waals surface area contributed by atoms with E-state index in [1.165, 1.54) is 25.3 Å². The molecular weight excluding hydrogens is 461 g/mol. The van der Waals surface area contributed by atoms with Crippen LogP contribution in [0, 0.1) is 5.92 Å². The Kier molecular flexibility index (Phi) is 7.55. The molecule has 0 radical (unpaired) electrons. The van der Waals surface area contributed by atoms with E-state index in [9.17, 15) is 19.2 Å². The monoisotopic (exact) mass is 479 g/mol. The van der Waals surface area contributed by atoms with Crippen LogP contribution in [0.5, 0.6) is 5.75 Å². The summed E-state index contributed by atoms with van der Waals surface area (Å²) in [5, 5.41) is 4.09. The molecule has 1 fully saturated rings. The number of carbonyl (C=O) groups excluding carboxylic acids is 4. The Morgan fingerprint density at radius 3 is 2.62 bits per heavy atom. The zero-order valence-corrected chi connectivity index (χ0v) is 18.4. The van der Waals surface area contributed by atoms with Crippen molar-refractivity contribution < 1.29 is 28.7 Å². The maximum atomic E-state index is 12.4. The van der Waals surface area contributed by atoms with Crippen molar-refractivity contribution in [3.63, 3.8) is 0 Å². The summed E-state index contributed by atoms with van der Waals surface area (Å²) in [5.74, 6) is -2.75. The quantitative estimate of drug-likeness (QED) is 0.590. The molecule has 1 aliphatic rings. The van der Waals surface area contributed by atoms with Crippen molar-refractivity contribution in [1.29, 1.82) is 0 Å². The fraction of sp³-hybridized carbons (Fsp3) is 0.238. The zero-order valence-electron chi connectivity index (χ0n) is 16.9. The van der Waals surface area contributed by atoms with E-state index in [-0.39, 0.29) is 23.6 Å². The van der Waals surface area contributed by atoms with Crippen LogP contribution in [0.1, 0.15) is 16.8 Å². The molecule has 2 aromatic carbocycles. The molecule has 1 aliphatic heterocycles. The molecule has 3 amide bonds. The maximum absolute atomic E-state index is 12.4. The number of amides is 3. The van der Waals surface area contributed by atoms with Crippen LogP contribution in [-0.4, -0.2) is 49.0 Å². The molecular formula is C21H19Cl2N3O6. The number of para-hydroxylation sites is 2. The first-order valence-corrected chi connectivity index (χ1v) is 10.2. The van der Waals surface area contributed by atoms with Crippen LogP contribution in [0.2, 0.25) is 10.0 Å². The van der Waals surface area contributed by atoms with Gasteiger partial charge in [0.25, 0.3) is 11.8 Å². The van der Waals surface area contributed by atoms with Gasteiger partial charge < -0.3 is 14.8 Å². The van der Waals surface area contributed by atoms with Gasteiger partial charge in [-0.25, -0.2) is 0 Å². The van der Waals surface area contributed by atoms with Gasteiger partial charge in [-0.05, 0) is 30.3 Å². The fourth-order valence-corrected chi connectivity index (χ4v) is 3.51. The number of ether oxygens (including phenoxy) is 2. The second-order valence-electron chi connectivity index (χ2n) is 6.83. The van der Waals surface area contributed by atoms with Crippen LogP contribution in [-0.2, 0) is 19.1 Å². The molecule has 9 nitrogen and oxygen atoms in total. The van der Waals surface area contributed by atoms with Crippen molar-refractivity contribution in [2.75, 3.05) is 25.6 Å². The van der Waals surface area contributed by atoms with E-state index in [0.29, 0.717) is 16.5 Å². The fourth-order valence-electron chi connectivity index (χ4n) is 3.02. The summed E-state index contributed by atoms with van der Waals surface area (Å²) >= 11 is 11.8. The average molecular weight is 480 g/mol. The zero-order chi connectivity index (χ0) is 23.3. The van der Waals surface area contributed by atoms with E-state index in [4.69, 9.17) is 32.7 Å². The number of esters is 1. The predicted molar refractivity (Wildman–Crippen MR) is 116 cm³/mol. The van der Waals surface area contributed by atoms with Gasteiger partial charge in [-0.3, -0.25) is 29.6 Å². The highest BCUT2D eigenvalue weighted by Crippen LogP contribution is 2.24. The molecule has 0 unspecified atom stereocenters. The summed E-state index contributed by atoms with van der Waals surface area (Å²) in [6.07, 6.45) is -0.165. The molecule has 168 valence electrons. The van der Waals surface area contributed by atoms with E-state index in [1.54, 1.807) is 24.3 Å². The van der Waals surface area contributed by atoms with Crippen molar-refractivity contribution in [3.8, 4) is 5.75 Å². The molecule has 0 bridgehead atoms. The number of hydrogen-bond acceptors (Lipinski definition) is 6. The molecule has 0 aromatic heterocycles. The Hall–Kier alpha value is -3.30. The van der Waals surface area contributed by atoms with Crippen LogP contribution in [0.25, 0.3) is 0 Å². The minimum Gasteiger partial charge on any atom is -0.495 e. The Labute approximate surface area is 193 Å². The van der Waals surface area contributed by atoms with Gasteiger partial charge in [-0.15, -0.1) is 0 Å². The van der Waals surface area contributed by atoms with E-state index in [2.05, 4.69) is 10.7 Å². The van der Waals surface area contributed by atoms with E-state index in [0.717, 1.165) is 5.01 Å². The van der Waals surface area contributed by atoms with Gasteiger partial charge in [0.05, 0.1) is 35.8 Å². The van der Waals surface area contributed by atoms with Crippen molar-refractivity contribution in [2.45, 2.75) is 6.42 Å². The Morgan fingerprint density at radius 1 is 1.16 bits per heavy atom. The molecule has 1 saturated heterocycles. The number of hydrazine groups is 1. The third-order valence-corrected chi connectivity index (χ3v) is 5.15. The first-order chi connectivity index (χ1) is 15.3. The first kappa shape index (κ1) is 23.4. The van der Waals surface area contributed by atoms with Crippen LogP contribution < -0.4 is 15.5 Å². The third kappa shape index (κ3) is 5.68. The van der Waals surface area contributed by atoms with Gasteiger partial charge in [0.1, 0.15) is 5.75 Å². The lowest BCUT2D eigenvalue weighted by Gasteiger charge is -2.18. The van der Waals surface area contributed by atoms with Crippen molar-refractivity contribution in [3.05, 3.63) is 58.1 Å². The summed E-state index contributed by atoms with van der Waals surface area (Å²) in [5.41, 5.74) is 2.98. The van der Waals surface area contributed by atoms with Gasteiger partial charge in [-0.2, -0.15) is 0 Å². The summed E-state index contributed by atoms with van der Waals surface area (Å²) < 4.78 is 10.2. The average Bonchev–Trinajstić information content (AvgIpc) is 3.12. The summed E-state index contributed by atoms with van der Waals surface area (Å²) in [7, 11) is 1.47. The molecule has 2 N–H and O–H groups in total. The molecule has 2 aromatic rings. The minimum atomic E-state index is -0.831. The SMILES string of the molecule is COc1ccccc1NC(=O)COC(=O)[C@@H]1CC(=O)N(NC(=O)c2ccc(Cl)cc2Cl)C1. The number of hydrogen-bond donors (Lipinski definition) is 2. The highest BCUT2D eigenvalue weighted by atomic mass is 35.5. The number of rotatable bonds is 7. The molecule has 11 heteroatoms. The number of carbonyl (C=O) groups is 4. The molecule has 3 rings (SSSR count). The molecule has 1 atom stereocenters. The van der Waals surface area contributed by atoms with E-state index >= 15 is 0 Å². The molecule has 0 aliphatic carbocycles. The lowest BCUT2D eigenvalue weighted by molar-refractivity contribution is -0.151. The number of nitrogens with zero attached hydrogens (tertiary/aromatic N) is 1. The molecule has 1 heterocycles. The number of nitrogens with one attached hydrogen (secondary N) is 2. The lowest BCUT2D eigenvalue weighted by atomic mass is 10.1. The highest BCUT2D eigenvalue weighted by Gasteiger charge is 2.37. The number of anilines is 1. The van der Waals surface area contributed by atoms with Crippen LogP contribution in [0.3, 0.4) is 0 Å². The van der Waals surface area contributed by atoms with Crippen molar-refractivity contribution in [1.82, 2.24) is 10.4 Å². The summed E-state index contributed by atoms with van der Waals surface area (Å²) in [4.78, 5) is 49.0. The predicted octanol–water partition coefficient (Wildman–Crippen LogP) is 2.68. The molecule has 0 saturated carbocycles. The van der Waals surface area contributed by atoms with Crippen LogP contribution in [0.4, 0.5) is 5.69 Å². The standard InChI is InChI=1S/C21H19Cl2N3O6/c1-31-17-5-3-2-4-16(17)24-18(27)11-32-21(30)12-8-19(28)26(10-12)25-20(29)14-7-6-13(22)9-15(14)23/h2-7,9,12H,8,10-11H2,1H3,(H,24,27)(H,25,29)/t12-/m1/s1. The Morgan fingerprint density at radius 2 is 1.91 bits per heavy atom. The summed E-state index contributed by atoms with van der Waals surface area (Å²) in [6.45, 7) is -0.628. The Balaban J connectivity index is 1.51. The number of halogens is 2. The van der Waals surface area contributed by atoms with E-state index < -0.39 is 36.2 Å². The van der Waals surface area contributed by atoms with Crippen molar-refractivity contribution >= 4 is 52.6 Å². The molecule has 32 heavy (non-hydrogen) atoms. The van der Waals surface area contributed by atoms with E-state index in [1.807, 2.05) is 0 Å². The maximum Gasteiger partial charge on any atom is 0.311 e. The van der Waals surface area contributed by atoms with Gasteiger partial charge in [-0.1, -0.05) is 35.3 Å². The van der Waals surface area contributed by atoms with Crippen molar-refractivity contribution in [2.24, 2.45) is 5.92 Å². The Bertz CT molecular complexity index is 1060. The topological polar surface area (TPSA) is 114 Å². The molecule has 0 spiro atoms. The summed E-state index contributed by atoms with van der Waals surface area (Å²) in [6, 6.07) is 11.1. The second-order valence-corrected chi connectivity index (χ2v) is 7.67. The smallest absolute Gasteiger partial charge is 0.311 e. The van der Waals surface area contributed by atoms with Gasteiger partial charge >= 0.3 is 5.97 Å². The van der Waals surface area contributed by atoms with Crippen LogP contribution in [0.15, 0.2) is 42.5 Å². The third-order valence-electron chi connectivity index (χ3n) is 4.60.